The quantitative estimate of drug-likeness (QED) is 0.676. The molecule has 8 heteroatoms. The van der Waals surface area contributed by atoms with E-state index in [0.29, 0.717) is 56.6 Å². The SMILES string of the molecule is CC(C)CC(=O)N1CCN(C(=O)c2cc(Oc3ccc(CCN)cc3)ccc2F)CC1.Cl. The van der Waals surface area contributed by atoms with Gasteiger partial charge in [0.25, 0.3) is 5.91 Å². The van der Waals surface area contributed by atoms with E-state index in [1.165, 1.54) is 18.2 Å². The van der Waals surface area contributed by atoms with Gasteiger partial charge >= 0.3 is 0 Å². The third-order valence-electron chi connectivity index (χ3n) is 5.26. The standard InChI is InChI=1S/C24H30FN3O3.ClH/c1-17(2)15-23(29)27-11-13-28(14-12-27)24(30)21-16-20(7-8-22(21)25)31-19-5-3-18(4-6-19)9-10-26;/h3-8,16-17H,9-15,26H2,1-2H3;1H. The molecule has 0 radical (unpaired) electrons. The van der Waals surface area contributed by atoms with Gasteiger partial charge in [-0.3, -0.25) is 9.59 Å². The van der Waals surface area contributed by atoms with Gasteiger partial charge in [0.05, 0.1) is 5.56 Å². The van der Waals surface area contributed by atoms with Crippen molar-refractivity contribution in [1.29, 1.82) is 0 Å². The smallest absolute Gasteiger partial charge is 0.257 e. The second-order valence-electron chi connectivity index (χ2n) is 8.20. The van der Waals surface area contributed by atoms with Gasteiger partial charge in [0.15, 0.2) is 0 Å². The molecule has 0 aromatic heterocycles. The minimum Gasteiger partial charge on any atom is -0.457 e. The van der Waals surface area contributed by atoms with Crippen LogP contribution in [-0.2, 0) is 11.2 Å². The van der Waals surface area contributed by atoms with Crippen molar-refractivity contribution in [2.75, 3.05) is 32.7 Å². The molecule has 1 saturated heterocycles. The normalized spacial score (nSPS) is 13.7. The first-order valence-corrected chi connectivity index (χ1v) is 10.7. The van der Waals surface area contributed by atoms with E-state index in [9.17, 15) is 14.0 Å². The molecule has 1 aliphatic rings. The molecule has 6 nitrogen and oxygen atoms in total. The molecule has 2 N–H and O–H groups in total. The molecular weight excluding hydrogens is 433 g/mol. The molecule has 1 fully saturated rings. The Morgan fingerprint density at radius 3 is 2.19 bits per heavy atom. The summed E-state index contributed by atoms with van der Waals surface area (Å²) in [5.41, 5.74) is 6.64. The third-order valence-corrected chi connectivity index (χ3v) is 5.26. The summed E-state index contributed by atoms with van der Waals surface area (Å²) in [7, 11) is 0. The molecule has 0 spiro atoms. The second kappa shape index (κ2) is 11.8. The number of nitrogens with zero attached hydrogens (tertiary/aromatic N) is 2. The molecule has 0 atom stereocenters. The lowest BCUT2D eigenvalue weighted by molar-refractivity contribution is -0.133. The Balaban J connectivity index is 0.00000363. The van der Waals surface area contributed by atoms with E-state index >= 15 is 0 Å². The number of carbonyl (C=O) groups is 2. The molecule has 0 saturated carbocycles. The van der Waals surface area contributed by atoms with Crippen LogP contribution < -0.4 is 10.5 Å². The van der Waals surface area contributed by atoms with Crippen molar-refractivity contribution in [1.82, 2.24) is 9.80 Å². The topological polar surface area (TPSA) is 75.9 Å². The van der Waals surface area contributed by atoms with E-state index in [2.05, 4.69) is 0 Å². The molecule has 1 heterocycles. The van der Waals surface area contributed by atoms with Crippen LogP contribution in [0.4, 0.5) is 4.39 Å². The van der Waals surface area contributed by atoms with Gasteiger partial charge in [-0.2, -0.15) is 0 Å². The van der Waals surface area contributed by atoms with Crippen LogP contribution in [0.25, 0.3) is 0 Å². The molecule has 174 valence electrons. The van der Waals surface area contributed by atoms with Crippen LogP contribution in [0.1, 0.15) is 36.2 Å². The van der Waals surface area contributed by atoms with E-state index in [1.807, 2.05) is 38.1 Å². The van der Waals surface area contributed by atoms with Crippen molar-refractivity contribution < 1.29 is 18.7 Å². The van der Waals surface area contributed by atoms with Gasteiger partial charge in [0, 0.05) is 32.6 Å². The molecule has 0 aliphatic carbocycles. The Morgan fingerprint density at radius 1 is 1.00 bits per heavy atom. The second-order valence-corrected chi connectivity index (χ2v) is 8.20. The van der Waals surface area contributed by atoms with Crippen LogP contribution in [0, 0.1) is 11.7 Å². The number of halogens is 2. The summed E-state index contributed by atoms with van der Waals surface area (Å²) in [6.07, 6.45) is 1.28. The van der Waals surface area contributed by atoms with Gasteiger partial charge in [-0.25, -0.2) is 4.39 Å². The lowest BCUT2D eigenvalue weighted by atomic mass is 10.1. The first-order chi connectivity index (χ1) is 14.9. The third kappa shape index (κ3) is 6.68. The molecule has 3 rings (SSSR count). The Morgan fingerprint density at radius 2 is 1.59 bits per heavy atom. The maximum Gasteiger partial charge on any atom is 0.257 e. The number of amides is 2. The summed E-state index contributed by atoms with van der Waals surface area (Å²) in [5.74, 6) is 0.401. The maximum absolute atomic E-state index is 14.4. The van der Waals surface area contributed by atoms with Gasteiger partial charge in [0.2, 0.25) is 5.91 Å². The van der Waals surface area contributed by atoms with Gasteiger partial charge in [-0.1, -0.05) is 26.0 Å². The Hall–Kier alpha value is -2.64. The highest BCUT2D eigenvalue weighted by molar-refractivity contribution is 5.95. The van der Waals surface area contributed by atoms with Crippen LogP contribution in [0.15, 0.2) is 42.5 Å². The number of piperazine rings is 1. The van der Waals surface area contributed by atoms with Crippen molar-refractivity contribution in [3.05, 3.63) is 59.4 Å². The molecule has 0 unspecified atom stereocenters. The van der Waals surface area contributed by atoms with Gasteiger partial charge in [-0.05, 0) is 54.8 Å². The van der Waals surface area contributed by atoms with E-state index in [4.69, 9.17) is 10.5 Å². The fourth-order valence-corrected chi connectivity index (χ4v) is 3.57. The zero-order valence-corrected chi connectivity index (χ0v) is 19.4. The highest BCUT2D eigenvalue weighted by Gasteiger charge is 2.26. The Bertz CT molecular complexity index is 913. The van der Waals surface area contributed by atoms with Crippen molar-refractivity contribution >= 4 is 24.2 Å². The molecule has 2 aromatic rings. The van der Waals surface area contributed by atoms with Crippen molar-refractivity contribution in [3.8, 4) is 11.5 Å². The molecular formula is C24H31ClFN3O3. The average Bonchev–Trinajstić information content (AvgIpc) is 2.76. The fourth-order valence-electron chi connectivity index (χ4n) is 3.57. The van der Waals surface area contributed by atoms with E-state index in [0.717, 1.165) is 12.0 Å². The highest BCUT2D eigenvalue weighted by atomic mass is 35.5. The number of carbonyl (C=O) groups excluding carboxylic acids is 2. The zero-order valence-electron chi connectivity index (χ0n) is 18.6. The monoisotopic (exact) mass is 463 g/mol. The van der Waals surface area contributed by atoms with Crippen LogP contribution in [0.2, 0.25) is 0 Å². The maximum atomic E-state index is 14.4. The minimum atomic E-state index is -0.589. The number of rotatable bonds is 7. The predicted octanol–water partition coefficient (Wildman–Crippen LogP) is 3.87. The summed E-state index contributed by atoms with van der Waals surface area (Å²) in [6.45, 7) is 6.28. The van der Waals surface area contributed by atoms with E-state index in [1.54, 1.807) is 9.80 Å². The van der Waals surface area contributed by atoms with Gasteiger partial charge in [-0.15, -0.1) is 12.4 Å². The van der Waals surface area contributed by atoms with Crippen LogP contribution >= 0.6 is 12.4 Å². The average molecular weight is 464 g/mol. The molecule has 32 heavy (non-hydrogen) atoms. The zero-order chi connectivity index (χ0) is 22.4. The van der Waals surface area contributed by atoms with Crippen LogP contribution in [-0.4, -0.2) is 54.3 Å². The number of benzene rings is 2. The van der Waals surface area contributed by atoms with Crippen LogP contribution in [0.3, 0.4) is 0 Å². The lowest BCUT2D eigenvalue weighted by Gasteiger charge is -2.35. The summed E-state index contributed by atoms with van der Waals surface area (Å²) >= 11 is 0. The van der Waals surface area contributed by atoms with Gasteiger partial charge < -0.3 is 20.3 Å². The summed E-state index contributed by atoms with van der Waals surface area (Å²) in [6, 6.07) is 11.7. The first-order valence-electron chi connectivity index (χ1n) is 10.7. The number of nitrogens with two attached hydrogens (primary N) is 1. The summed E-state index contributed by atoms with van der Waals surface area (Å²) < 4.78 is 20.2. The molecule has 2 aromatic carbocycles. The predicted molar refractivity (Wildman–Crippen MR) is 125 cm³/mol. The largest absolute Gasteiger partial charge is 0.457 e. The van der Waals surface area contributed by atoms with Crippen molar-refractivity contribution in [3.63, 3.8) is 0 Å². The Kier molecular flexibility index (Phi) is 9.47. The fraction of sp³-hybridized carbons (Fsp3) is 0.417. The highest BCUT2D eigenvalue weighted by Crippen LogP contribution is 2.25. The molecule has 0 bridgehead atoms. The van der Waals surface area contributed by atoms with Gasteiger partial charge in [0.1, 0.15) is 17.3 Å². The minimum absolute atomic E-state index is 0. The van der Waals surface area contributed by atoms with Crippen LogP contribution in [0.5, 0.6) is 11.5 Å². The van der Waals surface area contributed by atoms with E-state index < -0.39 is 11.7 Å². The van der Waals surface area contributed by atoms with E-state index in [-0.39, 0.29) is 23.9 Å². The molecule has 1 aliphatic heterocycles. The lowest BCUT2D eigenvalue weighted by Crippen LogP contribution is -2.50. The summed E-state index contributed by atoms with van der Waals surface area (Å²) in [5, 5.41) is 0. The molecule has 2 amide bonds. The Labute approximate surface area is 194 Å². The number of ether oxygens (including phenoxy) is 1. The number of hydrogen-bond donors (Lipinski definition) is 1. The van der Waals surface area contributed by atoms with Crippen molar-refractivity contribution in [2.24, 2.45) is 11.7 Å². The summed E-state index contributed by atoms with van der Waals surface area (Å²) in [4.78, 5) is 28.5. The van der Waals surface area contributed by atoms with Crippen molar-refractivity contribution in [2.45, 2.75) is 26.7 Å². The first kappa shape index (κ1) is 25.6. The number of hydrogen-bond acceptors (Lipinski definition) is 4.